The molecule has 0 aromatic heterocycles. The summed E-state index contributed by atoms with van der Waals surface area (Å²) in [6, 6.07) is -0.911. The van der Waals surface area contributed by atoms with E-state index in [1.807, 2.05) is 27.2 Å². The number of aliphatic hydroxyl groups is 1. The third-order valence-electron chi connectivity index (χ3n) is 15.6. The van der Waals surface area contributed by atoms with Gasteiger partial charge in [-0.3, -0.25) is 9.36 Å². The Labute approximate surface area is 504 Å². The molecule has 0 spiro atoms. The van der Waals surface area contributed by atoms with Crippen molar-refractivity contribution in [1.82, 2.24) is 5.32 Å². The van der Waals surface area contributed by atoms with Crippen LogP contribution in [0.4, 0.5) is 0 Å². The van der Waals surface area contributed by atoms with Crippen LogP contribution in [0.2, 0.25) is 0 Å². The lowest BCUT2D eigenvalue weighted by Gasteiger charge is -2.29. The van der Waals surface area contributed by atoms with E-state index in [1.54, 1.807) is 6.08 Å². The molecule has 0 radical (unpaired) electrons. The van der Waals surface area contributed by atoms with E-state index in [9.17, 15) is 19.4 Å². The van der Waals surface area contributed by atoms with Crippen molar-refractivity contribution >= 4 is 13.7 Å². The van der Waals surface area contributed by atoms with Crippen LogP contribution in [0.15, 0.2) is 72.9 Å². The van der Waals surface area contributed by atoms with E-state index in [1.165, 1.54) is 250 Å². The Bertz CT molecular complexity index is 1550. The number of unbranched alkanes of at least 4 members (excludes halogenated alkanes) is 41. The SMILES string of the molecule is CCCCCCC/C=C\C/C=C\C/C=C\CCCCCCCCCCCCCCCCCCCCCCCCCCCCC(=O)NC(COP(=O)([O-])OCC[N+](C)(C)C)C(O)/C=C/CC/C=C/CC/C=C/CCCCCCCCCC. The van der Waals surface area contributed by atoms with Gasteiger partial charge in [-0.05, 0) is 83.5 Å². The van der Waals surface area contributed by atoms with E-state index in [4.69, 9.17) is 9.05 Å². The Morgan fingerprint density at radius 3 is 1.09 bits per heavy atom. The summed E-state index contributed by atoms with van der Waals surface area (Å²) in [5.41, 5.74) is 0. The molecule has 2 N–H and O–H groups in total. The van der Waals surface area contributed by atoms with Gasteiger partial charge in [-0.2, -0.15) is 0 Å². The second-order valence-corrected chi connectivity index (χ2v) is 26.3. The molecule has 0 aromatic carbocycles. The van der Waals surface area contributed by atoms with Crippen LogP contribution in [-0.2, 0) is 18.4 Å². The molecule has 0 heterocycles. The highest BCUT2D eigenvalue weighted by Crippen LogP contribution is 2.38. The highest BCUT2D eigenvalue weighted by Gasteiger charge is 2.23. The van der Waals surface area contributed by atoms with E-state index in [-0.39, 0.29) is 12.5 Å². The van der Waals surface area contributed by atoms with E-state index in [0.717, 1.165) is 57.8 Å². The van der Waals surface area contributed by atoms with Gasteiger partial charge in [0, 0.05) is 6.42 Å². The largest absolute Gasteiger partial charge is 0.756 e. The number of nitrogens with zero attached hydrogens (tertiary/aromatic N) is 1. The zero-order valence-corrected chi connectivity index (χ0v) is 55.1. The van der Waals surface area contributed by atoms with Crippen molar-refractivity contribution < 1.29 is 32.9 Å². The zero-order chi connectivity index (χ0) is 59.1. The molecule has 9 heteroatoms. The lowest BCUT2D eigenvalue weighted by Crippen LogP contribution is -2.45. The smallest absolute Gasteiger partial charge is 0.268 e. The molecule has 3 unspecified atom stereocenters. The van der Waals surface area contributed by atoms with E-state index < -0.39 is 26.6 Å². The van der Waals surface area contributed by atoms with Gasteiger partial charge in [-0.15, -0.1) is 0 Å². The molecule has 0 bridgehead atoms. The molecule has 3 atom stereocenters. The molecule has 1 amide bonds. The van der Waals surface area contributed by atoms with Gasteiger partial charge in [0.2, 0.25) is 5.91 Å². The zero-order valence-electron chi connectivity index (χ0n) is 54.2. The molecule has 0 aliphatic rings. The minimum absolute atomic E-state index is 0.00911. The van der Waals surface area contributed by atoms with Gasteiger partial charge in [0.15, 0.2) is 0 Å². The van der Waals surface area contributed by atoms with Gasteiger partial charge >= 0.3 is 0 Å². The summed E-state index contributed by atoms with van der Waals surface area (Å²) in [5.74, 6) is -0.207. The number of amides is 1. The van der Waals surface area contributed by atoms with Gasteiger partial charge in [0.1, 0.15) is 13.2 Å². The number of nitrogens with one attached hydrogen (secondary N) is 1. The summed E-state index contributed by atoms with van der Waals surface area (Å²) in [5, 5.41) is 13.9. The number of phosphoric acid groups is 1. The summed E-state index contributed by atoms with van der Waals surface area (Å²) in [6.45, 7) is 4.63. The maximum absolute atomic E-state index is 13.0. The monoisotopic (exact) mass is 1160 g/mol. The van der Waals surface area contributed by atoms with Gasteiger partial charge in [-0.1, -0.05) is 311 Å². The van der Waals surface area contributed by atoms with Gasteiger partial charge < -0.3 is 28.8 Å². The second-order valence-electron chi connectivity index (χ2n) is 24.9. The molecule has 0 aromatic rings. The van der Waals surface area contributed by atoms with Crippen LogP contribution < -0.4 is 10.2 Å². The molecule has 8 nitrogen and oxygen atoms in total. The van der Waals surface area contributed by atoms with Crippen molar-refractivity contribution in [2.24, 2.45) is 0 Å². The molecule has 0 aliphatic heterocycles. The molecular weight excluding hydrogens is 1020 g/mol. The summed E-state index contributed by atoms with van der Waals surface area (Å²) in [4.78, 5) is 25.6. The first kappa shape index (κ1) is 78.9. The molecule has 0 fully saturated rings. The van der Waals surface area contributed by atoms with Crippen LogP contribution >= 0.6 is 7.82 Å². The van der Waals surface area contributed by atoms with E-state index in [0.29, 0.717) is 17.4 Å². The number of likely N-dealkylation sites (N-methyl/N-ethyl adjacent to an activating group) is 1. The van der Waals surface area contributed by atoms with Crippen molar-refractivity contribution in [3.63, 3.8) is 0 Å². The van der Waals surface area contributed by atoms with Gasteiger partial charge in [-0.25, -0.2) is 0 Å². The normalized spacial score (nSPS) is 14.1. The highest BCUT2D eigenvalue weighted by atomic mass is 31.2. The predicted molar refractivity (Wildman–Crippen MR) is 353 cm³/mol. The molecule has 0 aliphatic carbocycles. The van der Waals surface area contributed by atoms with Crippen LogP contribution in [0.1, 0.15) is 328 Å². The van der Waals surface area contributed by atoms with Gasteiger partial charge in [0.25, 0.3) is 7.82 Å². The maximum atomic E-state index is 13.0. The number of carbonyl (C=O) groups is 1. The molecule has 474 valence electrons. The first-order valence-corrected chi connectivity index (χ1v) is 36.3. The maximum Gasteiger partial charge on any atom is 0.268 e. The summed E-state index contributed by atoms with van der Waals surface area (Å²) in [6.07, 6.45) is 87.6. The highest BCUT2D eigenvalue weighted by molar-refractivity contribution is 7.45. The van der Waals surface area contributed by atoms with Crippen LogP contribution in [0, 0.1) is 0 Å². The predicted octanol–water partition coefficient (Wildman–Crippen LogP) is 21.5. The number of rotatable bonds is 64. The minimum atomic E-state index is -4.61. The summed E-state index contributed by atoms with van der Waals surface area (Å²) in [7, 11) is 1.24. The van der Waals surface area contributed by atoms with Crippen LogP contribution in [0.25, 0.3) is 0 Å². The Hall–Kier alpha value is -2.06. The van der Waals surface area contributed by atoms with Crippen molar-refractivity contribution in [2.45, 2.75) is 341 Å². The lowest BCUT2D eigenvalue weighted by molar-refractivity contribution is -0.870. The van der Waals surface area contributed by atoms with E-state index >= 15 is 0 Å². The van der Waals surface area contributed by atoms with Crippen molar-refractivity contribution in [3.05, 3.63) is 72.9 Å². The van der Waals surface area contributed by atoms with Crippen LogP contribution in [-0.4, -0.2) is 68.5 Å². The van der Waals surface area contributed by atoms with Crippen molar-refractivity contribution in [1.29, 1.82) is 0 Å². The number of phosphoric ester groups is 1. The fraction of sp³-hybridized carbons (Fsp3) is 0.819. The number of carbonyl (C=O) groups excluding carboxylic acids is 1. The fourth-order valence-electron chi connectivity index (χ4n) is 10.2. The molecule has 0 saturated carbocycles. The second kappa shape index (κ2) is 62.5. The number of quaternary nitrogens is 1. The summed E-state index contributed by atoms with van der Waals surface area (Å²) >= 11 is 0. The van der Waals surface area contributed by atoms with Crippen molar-refractivity contribution in [3.8, 4) is 0 Å². The van der Waals surface area contributed by atoms with Crippen molar-refractivity contribution in [2.75, 3.05) is 40.9 Å². The third kappa shape index (κ3) is 65.3. The van der Waals surface area contributed by atoms with Crippen LogP contribution in [0.5, 0.6) is 0 Å². The third-order valence-corrected chi connectivity index (χ3v) is 16.6. The average molecular weight is 1160 g/mol. The first-order valence-electron chi connectivity index (χ1n) is 34.8. The molecule has 81 heavy (non-hydrogen) atoms. The lowest BCUT2D eigenvalue weighted by atomic mass is 10.0. The Balaban J connectivity index is 3.94. The quantitative estimate of drug-likeness (QED) is 0.0272. The Morgan fingerprint density at radius 1 is 0.432 bits per heavy atom. The molecule has 0 rings (SSSR count). The fourth-order valence-corrected chi connectivity index (χ4v) is 10.9. The summed E-state index contributed by atoms with van der Waals surface area (Å²) < 4.78 is 23.4. The van der Waals surface area contributed by atoms with Gasteiger partial charge in [0.05, 0.1) is 39.9 Å². The Morgan fingerprint density at radius 2 is 0.728 bits per heavy atom. The number of hydrogen-bond donors (Lipinski definition) is 2. The number of allylic oxidation sites excluding steroid dienone is 11. The Kier molecular flexibility index (Phi) is 60.9. The number of aliphatic hydroxyl groups excluding tert-OH is 1. The minimum Gasteiger partial charge on any atom is -0.756 e. The molecule has 0 saturated heterocycles. The van der Waals surface area contributed by atoms with E-state index in [2.05, 4.69) is 79.9 Å². The standard InChI is InChI=1S/C72H135N2O6P/c1-6-8-10-12-14-16-18-20-22-24-26-27-28-29-30-31-32-33-34-35-36-37-38-39-40-41-42-43-44-45-46-47-48-50-52-54-56-58-60-62-64-66-72(76)73-70(69-80-81(77,78)79-68-67-74(3,4)5)71(75)65-63-61-59-57-55-53-51-49-25-23-21-19-17-15-13-11-9-7-2/h18,20,24-26,28-29,49,55,57,63,65,70-71,75H,6-17,19,21-23,27,30-48,50-54,56,58-62,64,66-69H2,1-5H3,(H-,73,76,77,78)/b20-18-,26-24-,29-28-,49-25+,57-55+,65-63+. The average Bonchev–Trinajstić information content (AvgIpc) is 3.43. The molecular formula is C72H135N2O6P. The van der Waals surface area contributed by atoms with Crippen LogP contribution in [0.3, 0.4) is 0 Å². The topological polar surface area (TPSA) is 108 Å². The number of hydrogen-bond acceptors (Lipinski definition) is 6. The first-order chi connectivity index (χ1) is 39.5.